The zero-order valence-corrected chi connectivity index (χ0v) is 14.6. The summed E-state index contributed by atoms with van der Waals surface area (Å²) >= 11 is 0. The van der Waals surface area contributed by atoms with Gasteiger partial charge in [-0.05, 0) is 24.0 Å². The van der Waals surface area contributed by atoms with Crippen molar-refractivity contribution in [1.82, 2.24) is 0 Å². The van der Waals surface area contributed by atoms with E-state index in [9.17, 15) is 9.46 Å². The van der Waals surface area contributed by atoms with Crippen molar-refractivity contribution in [2.24, 2.45) is 0 Å². The Morgan fingerprint density at radius 3 is 2.32 bits per heavy atom. The average Bonchev–Trinajstić information content (AvgIpc) is 2.42. The number of phosphoric acid groups is 1. The second-order valence-electron chi connectivity index (χ2n) is 6.18. The van der Waals surface area contributed by atoms with Gasteiger partial charge in [-0.1, -0.05) is 36.9 Å². The van der Waals surface area contributed by atoms with E-state index in [2.05, 4.69) is 6.58 Å². The van der Waals surface area contributed by atoms with E-state index >= 15 is 0 Å². The maximum atomic E-state index is 11.6. The van der Waals surface area contributed by atoms with Crippen molar-refractivity contribution in [3.8, 4) is 0 Å². The van der Waals surface area contributed by atoms with Gasteiger partial charge in [-0.3, -0.25) is 4.57 Å². The van der Waals surface area contributed by atoms with Crippen LogP contribution in [0.2, 0.25) is 0 Å². The molecule has 0 spiro atoms. The molecule has 1 atom stereocenters. The molecule has 0 heterocycles. The molecule has 22 heavy (non-hydrogen) atoms. The van der Waals surface area contributed by atoms with Crippen molar-refractivity contribution in [1.29, 1.82) is 0 Å². The fraction of sp³-hybridized carbons (Fsp3) is 0.500. The third kappa shape index (κ3) is 8.47. The number of nitrogens with zero attached hydrogens (tertiary/aromatic N) is 1. The molecule has 1 unspecified atom stereocenters. The lowest BCUT2D eigenvalue weighted by molar-refractivity contribution is -0.870. The van der Waals surface area contributed by atoms with Crippen LogP contribution in [0.4, 0.5) is 0 Å². The van der Waals surface area contributed by atoms with Gasteiger partial charge in [0.05, 0.1) is 27.7 Å². The molecule has 0 saturated heterocycles. The van der Waals surface area contributed by atoms with Gasteiger partial charge in [0.15, 0.2) is 0 Å². The quantitative estimate of drug-likeness (QED) is 0.376. The Kier molecular flexibility index (Phi) is 7.46. The van der Waals surface area contributed by atoms with Crippen LogP contribution in [0.25, 0.3) is 6.08 Å². The molecule has 0 amide bonds. The smallest absolute Gasteiger partial charge is 0.268 e. The summed E-state index contributed by atoms with van der Waals surface area (Å²) in [7, 11) is 1.72. The van der Waals surface area contributed by atoms with Gasteiger partial charge in [0, 0.05) is 0 Å². The molecule has 0 aliphatic rings. The first-order chi connectivity index (χ1) is 10.2. The molecule has 0 fully saturated rings. The highest BCUT2D eigenvalue weighted by molar-refractivity contribution is 7.45. The molecule has 6 heteroatoms. The lowest BCUT2D eigenvalue weighted by Crippen LogP contribution is -2.37. The minimum atomic E-state index is -4.19. The summed E-state index contributed by atoms with van der Waals surface area (Å²) in [6.07, 6.45) is 3.17. The van der Waals surface area contributed by atoms with Crippen LogP contribution in [-0.4, -0.2) is 45.4 Å². The number of rotatable bonds is 10. The molecule has 0 radical (unpaired) electrons. The van der Waals surface area contributed by atoms with Crippen molar-refractivity contribution >= 4 is 13.9 Å². The van der Waals surface area contributed by atoms with E-state index < -0.39 is 7.82 Å². The molecule has 0 aromatic heterocycles. The minimum Gasteiger partial charge on any atom is -0.756 e. The van der Waals surface area contributed by atoms with Crippen molar-refractivity contribution in [3.05, 3.63) is 42.0 Å². The lowest BCUT2D eigenvalue weighted by atomic mass is 10.1. The highest BCUT2D eigenvalue weighted by Gasteiger charge is 2.13. The predicted octanol–water partition coefficient (Wildman–Crippen LogP) is 2.47. The van der Waals surface area contributed by atoms with Gasteiger partial charge in [-0.25, -0.2) is 0 Å². The summed E-state index contributed by atoms with van der Waals surface area (Å²) in [5, 5.41) is 0. The monoisotopic (exact) mass is 327 g/mol. The number of hydrogen-bond donors (Lipinski definition) is 0. The van der Waals surface area contributed by atoms with E-state index in [1.165, 1.54) is 0 Å². The molecule has 124 valence electrons. The Morgan fingerprint density at radius 1 is 1.18 bits per heavy atom. The normalized spacial score (nSPS) is 14.5. The summed E-state index contributed by atoms with van der Waals surface area (Å²) in [4.78, 5) is 11.6. The van der Waals surface area contributed by atoms with E-state index in [0.717, 1.165) is 17.5 Å². The fourth-order valence-corrected chi connectivity index (χ4v) is 2.47. The molecule has 0 N–H and O–H groups in total. The van der Waals surface area contributed by atoms with Gasteiger partial charge in [0.25, 0.3) is 7.82 Å². The topological polar surface area (TPSA) is 58.6 Å². The van der Waals surface area contributed by atoms with Crippen LogP contribution in [0, 0.1) is 0 Å². The van der Waals surface area contributed by atoms with Gasteiger partial charge >= 0.3 is 0 Å². The van der Waals surface area contributed by atoms with Gasteiger partial charge in [0.2, 0.25) is 0 Å². The maximum absolute atomic E-state index is 11.6. The molecule has 0 bridgehead atoms. The van der Waals surface area contributed by atoms with E-state index in [1.54, 1.807) is 6.08 Å². The lowest BCUT2D eigenvalue weighted by Gasteiger charge is -2.27. The number of quaternary nitrogens is 1. The number of aryl methyl sites for hydroxylation is 1. The standard InChI is InChI=1S/C16H26NO4P/c1-5-15-8-10-16(11-9-15)7-6-13-20-22(18,19)21-14-12-17(2,3)4/h5,8-11H,1,6-7,12-14H2,2-4H3. The summed E-state index contributed by atoms with van der Waals surface area (Å²) in [5.74, 6) is 0. The van der Waals surface area contributed by atoms with Crippen LogP contribution in [0.15, 0.2) is 30.8 Å². The minimum absolute atomic E-state index is 0.132. The Bertz CT molecular complexity index is 508. The second kappa shape index (κ2) is 8.61. The fourth-order valence-electron chi connectivity index (χ4n) is 1.74. The number of likely N-dealkylation sites (N-methyl/N-ethyl adjacent to an activating group) is 1. The summed E-state index contributed by atoms with van der Waals surface area (Å²) < 4.78 is 21.9. The third-order valence-corrected chi connectivity index (χ3v) is 4.08. The number of phosphoric ester groups is 1. The Labute approximate surface area is 133 Å². The SMILES string of the molecule is C=Cc1ccc(CCCOP(=O)([O-])OCC[N+](C)(C)C)cc1. The molecular formula is C16H26NO4P. The van der Waals surface area contributed by atoms with Crippen LogP contribution in [0.1, 0.15) is 17.5 Å². The van der Waals surface area contributed by atoms with E-state index in [-0.39, 0.29) is 13.2 Å². The van der Waals surface area contributed by atoms with E-state index in [4.69, 9.17) is 9.05 Å². The van der Waals surface area contributed by atoms with Gasteiger partial charge in [-0.15, -0.1) is 0 Å². The highest BCUT2D eigenvalue weighted by Crippen LogP contribution is 2.38. The van der Waals surface area contributed by atoms with Gasteiger partial charge < -0.3 is 18.4 Å². The first-order valence-electron chi connectivity index (χ1n) is 7.34. The summed E-state index contributed by atoms with van der Waals surface area (Å²) in [6, 6.07) is 7.97. The third-order valence-electron chi connectivity index (χ3n) is 3.09. The second-order valence-corrected chi connectivity index (χ2v) is 7.59. The molecular weight excluding hydrogens is 301 g/mol. The zero-order valence-electron chi connectivity index (χ0n) is 13.7. The average molecular weight is 327 g/mol. The van der Waals surface area contributed by atoms with Crippen molar-refractivity contribution in [2.45, 2.75) is 12.8 Å². The number of benzene rings is 1. The first kappa shape index (κ1) is 19.1. The van der Waals surface area contributed by atoms with Crippen LogP contribution in [0.3, 0.4) is 0 Å². The molecule has 5 nitrogen and oxygen atoms in total. The molecule has 1 aromatic carbocycles. The Hall–Kier alpha value is -0.970. The van der Waals surface area contributed by atoms with Crippen LogP contribution >= 0.6 is 7.82 Å². The predicted molar refractivity (Wildman–Crippen MR) is 87.3 cm³/mol. The van der Waals surface area contributed by atoms with Crippen molar-refractivity contribution in [2.75, 3.05) is 40.9 Å². The Balaban J connectivity index is 2.24. The van der Waals surface area contributed by atoms with Crippen molar-refractivity contribution in [3.63, 3.8) is 0 Å². The number of hydrogen-bond acceptors (Lipinski definition) is 4. The summed E-state index contributed by atoms with van der Waals surface area (Å²) in [5.41, 5.74) is 2.20. The highest BCUT2D eigenvalue weighted by atomic mass is 31.2. The first-order valence-corrected chi connectivity index (χ1v) is 8.80. The van der Waals surface area contributed by atoms with Crippen LogP contribution < -0.4 is 4.89 Å². The zero-order chi connectivity index (χ0) is 16.6. The van der Waals surface area contributed by atoms with Gasteiger partial charge in [-0.2, -0.15) is 0 Å². The molecule has 1 aromatic rings. The molecule has 1 rings (SSSR count). The van der Waals surface area contributed by atoms with E-state index in [1.807, 2.05) is 45.4 Å². The largest absolute Gasteiger partial charge is 0.756 e. The molecule has 0 aliphatic heterocycles. The molecule has 0 saturated carbocycles. The Morgan fingerprint density at radius 2 is 1.77 bits per heavy atom. The van der Waals surface area contributed by atoms with Crippen molar-refractivity contribution < 1.29 is 23.0 Å². The maximum Gasteiger partial charge on any atom is 0.268 e. The van der Waals surface area contributed by atoms with E-state index in [0.29, 0.717) is 17.4 Å². The van der Waals surface area contributed by atoms with Gasteiger partial charge in [0.1, 0.15) is 13.2 Å². The van der Waals surface area contributed by atoms with Crippen LogP contribution in [-0.2, 0) is 20.0 Å². The summed E-state index contributed by atoms with van der Waals surface area (Å²) in [6.45, 7) is 4.57. The van der Waals surface area contributed by atoms with Crippen LogP contribution in [0.5, 0.6) is 0 Å². The molecule has 0 aliphatic carbocycles.